The first kappa shape index (κ1) is 14.0. The molecule has 1 saturated carbocycles. The van der Waals surface area contributed by atoms with Crippen LogP contribution in [-0.2, 0) is 0 Å². The quantitative estimate of drug-likeness (QED) is 0.757. The largest absolute Gasteiger partial charge is 0.389 e. The molecular weight excluding hydrogens is 198 g/mol. The third-order valence-corrected chi connectivity index (χ3v) is 4.04. The van der Waals surface area contributed by atoms with Crippen molar-refractivity contribution in [1.29, 1.82) is 0 Å². The first-order chi connectivity index (χ1) is 7.40. The van der Waals surface area contributed by atoms with Crippen molar-refractivity contribution < 1.29 is 5.11 Å². The van der Waals surface area contributed by atoms with E-state index < -0.39 is 5.60 Å². The monoisotopic (exact) mass is 227 g/mol. The Kier molecular flexibility index (Phi) is 5.26. The van der Waals surface area contributed by atoms with Gasteiger partial charge in [0, 0.05) is 12.6 Å². The SMILES string of the molecule is CC(NCC(C)(C)O)C(C)C1CCCCC1. The lowest BCUT2D eigenvalue weighted by Crippen LogP contribution is -2.43. The molecule has 1 aliphatic carbocycles. The van der Waals surface area contributed by atoms with Gasteiger partial charge in [-0.05, 0) is 32.6 Å². The van der Waals surface area contributed by atoms with E-state index in [-0.39, 0.29) is 0 Å². The Morgan fingerprint density at radius 2 is 1.75 bits per heavy atom. The standard InChI is InChI=1S/C14H29NO/c1-11(13-8-6-5-7-9-13)12(2)15-10-14(3,4)16/h11-13,15-16H,5-10H2,1-4H3. The molecule has 0 aromatic heterocycles. The molecule has 0 aromatic rings. The second-order valence-electron chi connectivity index (χ2n) is 6.24. The van der Waals surface area contributed by atoms with Gasteiger partial charge in [-0.1, -0.05) is 39.0 Å². The van der Waals surface area contributed by atoms with Crippen LogP contribution < -0.4 is 5.32 Å². The van der Waals surface area contributed by atoms with E-state index in [1.54, 1.807) is 0 Å². The Morgan fingerprint density at radius 1 is 1.19 bits per heavy atom. The third kappa shape index (κ3) is 4.84. The summed E-state index contributed by atoms with van der Waals surface area (Å²) in [6.45, 7) is 9.02. The molecule has 0 heterocycles. The third-order valence-electron chi connectivity index (χ3n) is 4.04. The highest BCUT2D eigenvalue weighted by molar-refractivity contribution is 4.80. The van der Waals surface area contributed by atoms with Crippen molar-refractivity contribution in [3.8, 4) is 0 Å². The summed E-state index contributed by atoms with van der Waals surface area (Å²) < 4.78 is 0. The van der Waals surface area contributed by atoms with Crippen LogP contribution in [0, 0.1) is 11.8 Å². The molecule has 0 radical (unpaired) electrons. The van der Waals surface area contributed by atoms with Gasteiger partial charge in [-0.2, -0.15) is 0 Å². The van der Waals surface area contributed by atoms with Crippen molar-refractivity contribution in [3.05, 3.63) is 0 Å². The number of nitrogens with one attached hydrogen (secondary N) is 1. The maximum atomic E-state index is 9.70. The molecule has 0 saturated heterocycles. The van der Waals surface area contributed by atoms with Crippen molar-refractivity contribution in [1.82, 2.24) is 5.32 Å². The molecule has 0 amide bonds. The van der Waals surface area contributed by atoms with E-state index in [4.69, 9.17) is 0 Å². The fraction of sp³-hybridized carbons (Fsp3) is 1.00. The topological polar surface area (TPSA) is 32.3 Å². The summed E-state index contributed by atoms with van der Waals surface area (Å²) in [5.74, 6) is 1.61. The maximum absolute atomic E-state index is 9.70. The van der Waals surface area contributed by atoms with Gasteiger partial charge in [0.1, 0.15) is 0 Å². The van der Waals surface area contributed by atoms with Crippen LogP contribution in [0.1, 0.15) is 59.8 Å². The van der Waals surface area contributed by atoms with Gasteiger partial charge in [-0.3, -0.25) is 0 Å². The van der Waals surface area contributed by atoms with E-state index in [1.807, 2.05) is 13.8 Å². The van der Waals surface area contributed by atoms with E-state index in [1.165, 1.54) is 32.1 Å². The Hall–Kier alpha value is -0.0800. The molecule has 96 valence electrons. The van der Waals surface area contributed by atoms with Gasteiger partial charge in [0.15, 0.2) is 0 Å². The van der Waals surface area contributed by atoms with Gasteiger partial charge in [0.2, 0.25) is 0 Å². The molecule has 1 aliphatic rings. The second kappa shape index (κ2) is 6.02. The molecule has 16 heavy (non-hydrogen) atoms. The zero-order valence-electron chi connectivity index (χ0n) is 11.4. The molecule has 2 atom stereocenters. The normalized spacial score (nSPS) is 23.1. The lowest BCUT2D eigenvalue weighted by Gasteiger charge is -2.33. The zero-order valence-corrected chi connectivity index (χ0v) is 11.4. The summed E-state index contributed by atoms with van der Waals surface area (Å²) in [6, 6.07) is 0.509. The van der Waals surface area contributed by atoms with Gasteiger partial charge in [-0.25, -0.2) is 0 Å². The van der Waals surface area contributed by atoms with Crippen LogP contribution in [0.4, 0.5) is 0 Å². The van der Waals surface area contributed by atoms with Gasteiger partial charge >= 0.3 is 0 Å². The van der Waals surface area contributed by atoms with E-state index in [0.717, 1.165) is 11.8 Å². The molecule has 0 aromatic carbocycles. The van der Waals surface area contributed by atoms with Crippen LogP contribution >= 0.6 is 0 Å². The summed E-state index contributed by atoms with van der Waals surface area (Å²) in [5.41, 5.74) is -0.597. The molecule has 0 aliphatic heterocycles. The lowest BCUT2D eigenvalue weighted by molar-refractivity contribution is 0.0717. The Bertz CT molecular complexity index is 191. The van der Waals surface area contributed by atoms with Crippen LogP contribution in [0.15, 0.2) is 0 Å². The smallest absolute Gasteiger partial charge is 0.0715 e. The summed E-state index contributed by atoms with van der Waals surface area (Å²) in [6.07, 6.45) is 7.04. The summed E-state index contributed by atoms with van der Waals surface area (Å²) >= 11 is 0. The van der Waals surface area contributed by atoms with E-state index in [0.29, 0.717) is 12.6 Å². The van der Waals surface area contributed by atoms with Crippen LogP contribution in [0.2, 0.25) is 0 Å². The first-order valence-corrected chi connectivity index (χ1v) is 6.86. The lowest BCUT2D eigenvalue weighted by atomic mass is 9.78. The van der Waals surface area contributed by atoms with Gasteiger partial charge < -0.3 is 10.4 Å². The summed E-state index contributed by atoms with van der Waals surface area (Å²) in [4.78, 5) is 0. The van der Waals surface area contributed by atoms with Crippen LogP contribution in [-0.4, -0.2) is 23.3 Å². The van der Waals surface area contributed by atoms with Gasteiger partial charge in [0.05, 0.1) is 5.60 Å². The predicted octanol–water partition coefficient (Wildman–Crippen LogP) is 2.95. The number of rotatable bonds is 5. The predicted molar refractivity (Wildman–Crippen MR) is 69.5 cm³/mol. The highest BCUT2D eigenvalue weighted by atomic mass is 16.3. The van der Waals surface area contributed by atoms with Gasteiger partial charge in [-0.15, -0.1) is 0 Å². The van der Waals surface area contributed by atoms with Crippen molar-refractivity contribution in [2.24, 2.45) is 11.8 Å². The molecule has 0 spiro atoms. The van der Waals surface area contributed by atoms with Crippen molar-refractivity contribution in [2.75, 3.05) is 6.54 Å². The van der Waals surface area contributed by atoms with E-state index in [9.17, 15) is 5.11 Å². The average molecular weight is 227 g/mol. The van der Waals surface area contributed by atoms with E-state index >= 15 is 0 Å². The number of aliphatic hydroxyl groups is 1. The van der Waals surface area contributed by atoms with Crippen molar-refractivity contribution >= 4 is 0 Å². The second-order valence-corrected chi connectivity index (χ2v) is 6.24. The minimum Gasteiger partial charge on any atom is -0.389 e. The van der Waals surface area contributed by atoms with Crippen molar-refractivity contribution in [3.63, 3.8) is 0 Å². The summed E-state index contributed by atoms with van der Waals surface area (Å²) in [7, 11) is 0. The molecular formula is C14H29NO. The zero-order chi connectivity index (χ0) is 12.2. The van der Waals surface area contributed by atoms with Crippen LogP contribution in [0.5, 0.6) is 0 Å². The highest BCUT2D eigenvalue weighted by Gasteiger charge is 2.25. The molecule has 1 fully saturated rings. The molecule has 2 nitrogen and oxygen atoms in total. The Morgan fingerprint density at radius 3 is 2.25 bits per heavy atom. The van der Waals surface area contributed by atoms with Crippen LogP contribution in [0.3, 0.4) is 0 Å². The molecule has 0 bridgehead atoms. The minimum absolute atomic E-state index is 0.509. The first-order valence-electron chi connectivity index (χ1n) is 6.86. The fourth-order valence-corrected chi connectivity index (χ4v) is 2.66. The molecule has 1 rings (SSSR count). The molecule has 2 N–H and O–H groups in total. The molecule has 2 heteroatoms. The van der Waals surface area contributed by atoms with Crippen LogP contribution in [0.25, 0.3) is 0 Å². The number of hydrogen-bond donors (Lipinski definition) is 2. The summed E-state index contributed by atoms with van der Waals surface area (Å²) in [5, 5.41) is 13.2. The van der Waals surface area contributed by atoms with E-state index in [2.05, 4.69) is 19.2 Å². The fourth-order valence-electron chi connectivity index (χ4n) is 2.66. The number of hydrogen-bond acceptors (Lipinski definition) is 2. The van der Waals surface area contributed by atoms with Crippen molar-refractivity contribution in [2.45, 2.75) is 71.4 Å². The average Bonchev–Trinajstić information content (AvgIpc) is 2.25. The highest BCUT2D eigenvalue weighted by Crippen LogP contribution is 2.31. The molecule has 2 unspecified atom stereocenters. The van der Waals surface area contributed by atoms with Gasteiger partial charge in [0.25, 0.3) is 0 Å². The Balaban J connectivity index is 2.31. The maximum Gasteiger partial charge on any atom is 0.0715 e. The minimum atomic E-state index is -0.597. The Labute approximate surface area is 101 Å².